The van der Waals surface area contributed by atoms with Gasteiger partial charge in [-0.05, 0) is 27.3 Å². The number of hydrogen-bond donors (Lipinski definition) is 2. The fraction of sp³-hybridized carbons (Fsp3) is 0.889. The number of carbonyl (C=O) groups excluding carboxylic acids is 1. The van der Waals surface area contributed by atoms with Crippen LogP contribution in [0.1, 0.15) is 26.7 Å². The molecule has 0 radical (unpaired) electrons. The van der Waals surface area contributed by atoms with Crippen molar-refractivity contribution in [2.75, 3.05) is 14.2 Å². The van der Waals surface area contributed by atoms with Crippen LogP contribution in [-0.4, -0.2) is 31.7 Å². The number of nitrogens with two attached hydrogens (primary N) is 1. The first-order chi connectivity index (χ1) is 5.91. The highest BCUT2D eigenvalue weighted by molar-refractivity contribution is 5.74. The molecule has 0 bridgehead atoms. The van der Waals surface area contributed by atoms with Gasteiger partial charge in [0.2, 0.25) is 5.91 Å². The molecule has 0 spiro atoms. The van der Waals surface area contributed by atoms with Crippen LogP contribution < -0.4 is 11.1 Å². The van der Waals surface area contributed by atoms with E-state index >= 15 is 0 Å². The van der Waals surface area contributed by atoms with Gasteiger partial charge in [0.05, 0.1) is 5.60 Å². The van der Waals surface area contributed by atoms with Gasteiger partial charge in [-0.25, -0.2) is 0 Å². The van der Waals surface area contributed by atoms with Crippen LogP contribution in [0, 0.1) is 0 Å². The molecule has 0 saturated carbocycles. The van der Waals surface area contributed by atoms with Crippen molar-refractivity contribution in [3.05, 3.63) is 0 Å². The van der Waals surface area contributed by atoms with Crippen molar-refractivity contribution in [1.82, 2.24) is 5.32 Å². The number of amides is 1. The molecular weight excluding hydrogens is 168 g/mol. The summed E-state index contributed by atoms with van der Waals surface area (Å²) < 4.78 is 5.26. The van der Waals surface area contributed by atoms with Crippen LogP contribution in [0.2, 0.25) is 0 Å². The Kier molecular flexibility index (Phi) is 4.95. The zero-order valence-electron chi connectivity index (χ0n) is 8.89. The van der Waals surface area contributed by atoms with Gasteiger partial charge in [-0.2, -0.15) is 0 Å². The Morgan fingerprint density at radius 3 is 2.46 bits per heavy atom. The van der Waals surface area contributed by atoms with Gasteiger partial charge in [0.25, 0.3) is 0 Å². The largest absolute Gasteiger partial charge is 0.379 e. The van der Waals surface area contributed by atoms with Gasteiger partial charge in [-0.3, -0.25) is 4.79 Å². The van der Waals surface area contributed by atoms with Gasteiger partial charge in [-0.1, -0.05) is 0 Å². The summed E-state index contributed by atoms with van der Waals surface area (Å²) in [6.07, 6.45) is 1.12. The first kappa shape index (κ1) is 12.4. The molecule has 0 fully saturated rings. The Bertz CT molecular complexity index is 169. The van der Waals surface area contributed by atoms with Crippen molar-refractivity contribution in [1.29, 1.82) is 0 Å². The Morgan fingerprint density at radius 1 is 1.62 bits per heavy atom. The Labute approximate surface area is 79.8 Å². The number of carbonyl (C=O) groups is 1. The number of primary amides is 1. The van der Waals surface area contributed by atoms with E-state index < -0.39 is 0 Å². The molecule has 0 aromatic heterocycles. The van der Waals surface area contributed by atoms with Crippen LogP contribution in [0.25, 0.3) is 0 Å². The maximum absolute atomic E-state index is 10.7. The third-order valence-corrected chi connectivity index (χ3v) is 2.15. The number of rotatable bonds is 6. The minimum atomic E-state index is -0.286. The van der Waals surface area contributed by atoms with Gasteiger partial charge in [0.15, 0.2) is 0 Å². The van der Waals surface area contributed by atoms with Crippen LogP contribution in [-0.2, 0) is 9.53 Å². The van der Waals surface area contributed by atoms with Crippen molar-refractivity contribution in [2.45, 2.75) is 38.3 Å². The third kappa shape index (κ3) is 5.60. The molecule has 1 atom stereocenters. The number of nitrogens with one attached hydrogen (secondary N) is 1. The van der Waals surface area contributed by atoms with E-state index in [2.05, 4.69) is 5.32 Å². The summed E-state index contributed by atoms with van der Waals surface area (Å²) in [5.41, 5.74) is 4.89. The lowest BCUT2D eigenvalue weighted by Gasteiger charge is -2.27. The van der Waals surface area contributed by atoms with E-state index in [9.17, 15) is 4.79 Å². The molecule has 0 rings (SSSR count). The maximum Gasteiger partial charge on any atom is 0.218 e. The molecule has 0 aliphatic heterocycles. The second-order valence-corrected chi connectivity index (χ2v) is 3.82. The van der Waals surface area contributed by atoms with E-state index in [1.807, 2.05) is 20.9 Å². The molecule has 0 saturated heterocycles. The minimum Gasteiger partial charge on any atom is -0.379 e. The lowest BCUT2D eigenvalue weighted by Crippen LogP contribution is -2.38. The summed E-state index contributed by atoms with van der Waals surface area (Å²) in [7, 11) is 3.48. The molecule has 4 heteroatoms. The Hall–Kier alpha value is -0.610. The third-order valence-electron chi connectivity index (χ3n) is 2.15. The Morgan fingerprint density at radius 2 is 2.15 bits per heavy atom. The summed E-state index contributed by atoms with van der Waals surface area (Å²) >= 11 is 0. The van der Waals surface area contributed by atoms with E-state index in [1.54, 1.807) is 7.11 Å². The zero-order chi connectivity index (χ0) is 10.5. The predicted octanol–water partition coefficient (Wildman–Crippen LogP) is 0.265. The summed E-state index contributed by atoms with van der Waals surface area (Å²) in [5.74, 6) is -0.286. The topological polar surface area (TPSA) is 64.3 Å². The monoisotopic (exact) mass is 188 g/mol. The molecule has 3 N–H and O–H groups in total. The highest BCUT2D eigenvalue weighted by atomic mass is 16.5. The number of ether oxygens (including phenoxy) is 1. The molecular formula is C9H20N2O2. The van der Waals surface area contributed by atoms with E-state index in [4.69, 9.17) is 10.5 Å². The fourth-order valence-corrected chi connectivity index (χ4v) is 1.20. The van der Waals surface area contributed by atoms with Gasteiger partial charge >= 0.3 is 0 Å². The van der Waals surface area contributed by atoms with Gasteiger partial charge in [-0.15, -0.1) is 0 Å². The summed E-state index contributed by atoms with van der Waals surface area (Å²) in [6.45, 7) is 3.97. The molecule has 0 aromatic rings. The van der Waals surface area contributed by atoms with Crippen LogP contribution in [0.3, 0.4) is 0 Å². The lowest BCUT2D eigenvalue weighted by atomic mass is 9.97. The molecule has 13 heavy (non-hydrogen) atoms. The normalized spacial score (nSPS) is 14.2. The van der Waals surface area contributed by atoms with E-state index in [0.717, 1.165) is 6.42 Å². The molecule has 0 heterocycles. The quantitative estimate of drug-likeness (QED) is 0.628. The van der Waals surface area contributed by atoms with Gasteiger partial charge in [0, 0.05) is 19.6 Å². The second-order valence-electron chi connectivity index (χ2n) is 3.82. The Balaban J connectivity index is 4.04. The van der Waals surface area contributed by atoms with Gasteiger partial charge < -0.3 is 15.8 Å². The van der Waals surface area contributed by atoms with E-state index in [-0.39, 0.29) is 17.6 Å². The van der Waals surface area contributed by atoms with Crippen LogP contribution in [0.5, 0.6) is 0 Å². The maximum atomic E-state index is 10.7. The smallest absolute Gasteiger partial charge is 0.218 e. The number of methoxy groups -OCH3 is 1. The zero-order valence-corrected chi connectivity index (χ0v) is 8.89. The molecule has 0 aliphatic carbocycles. The average Bonchev–Trinajstić information content (AvgIpc) is 2.02. The molecule has 78 valence electrons. The van der Waals surface area contributed by atoms with Crippen molar-refractivity contribution in [3.8, 4) is 0 Å². The first-order valence-electron chi connectivity index (χ1n) is 4.42. The summed E-state index contributed by atoms with van der Waals surface area (Å²) in [5, 5.41) is 3.04. The van der Waals surface area contributed by atoms with Crippen molar-refractivity contribution in [2.24, 2.45) is 5.73 Å². The standard InChI is InChI=1S/C9H20N2O2/c1-9(2,13-4)6-7(11-3)5-8(10)12/h7,11H,5-6H2,1-4H3,(H2,10,12). The van der Waals surface area contributed by atoms with Gasteiger partial charge in [0.1, 0.15) is 0 Å². The predicted molar refractivity (Wildman–Crippen MR) is 52.4 cm³/mol. The molecule has 1 unspecified atom stereocenters. The van der Waals surface area contributed by atoms with Crippen LogP contribution in [0.4, 0.5) is 0 Å². The van der Waals surface area contributed by atoms with E-state index in [0.29, 0.717) is 6.42 Å². The van der Waals surface area contributed by atoms with Crippen LogP contribution >= 0.6 is 0 Å². The summed E-state index contributed by atoms with van der Waals surface area (Å²) in [6, 6.07) is 0.0902. The molecule has 1 amide bonds. The van der Waals surface area contributed by atoms with E-state index in [1.165, 1.54) is 0 Å². The molecule has 4 nitrogen and oxygen atoms in total. The second kappa shape index (κ2) is 5.19. The van der Waals surface area contributed by atoms with Crippen molar-refractivity contribution < 1.29 is 9.53 Å². The SMILES string of the molecule is CNC(CC(N)=O)CC(C)(C)OC. The number of hydrogen-bond acceptors (Lipinski definition) is 3. The van der Waals surface area contributed by atoms with Crippen molar-refractivity contribution in [3.63, 3.8) is 0 Å². The molecule has 0 aliphatic rings. The minimum absolute atomic E-state index is 0.0902. The summed E-state index contributed by atoms with van der Waals surface area (Å²) in [4.78, 5) is 10.7. The lowest BCUT2D eigenvalue weighted by molar-refractivity contribution is -0.118. The molecule has 0 aromatic carbocycles. The van der Waals surface area contributed by atoms with Crippen molar-refractivity contribution >= 4 is 5.91 Å². The highest BCUT2D eigenvalue weighted by Gasteiger charge is 2.22. The highest BCUT2D eigenvalue weighted by Crippen LogP contribution is 2.16. The van der Waals surface area contributed by atoms with Crippen LogP contribution in [0.15, 0.2) is 0 Å². The average molecular weight is 188 g/mol. The fourth-order valence-electron chi connectivity index (χ4n) is 1.20. The first-order valence-corrected chi connectivity index (χ1v) is 4.42.